The number of piperidine rings is 1. The third-order valence-corrected chi connectivity index (χ3v) is 2.94. The SMILES string of the molecule is CN1CCC[C@H](C(=O)c2ccncc2)C1=O. The van der Waals surface area contributed by atoms with Crippen molar-refractivity contribution in [3.05, 3.63) is 30.1 Å². The van der Waals surface area contributed by atoms with Crippen LogP contribution in [-0.4, -0.2) is 35.2 Å². The Balaban J connectivity index is 2.19. The maximum Gasteiger partial charge on any atom is 0.233 e. The number of Topliss-reactive ketones (excluding diaryl/α,β-unsaturated/α-hetero) is 1. The number of rotatable bonds is 2. The summed E-state index contributed by atoms with van der Waals surface area (Å²) in [6, 6.07) is 3.31. The van der Waals surface area contributed by atoms with Crippen LogP contribution in [0.4, 0.5) is 0 Å². The first-order valence-corrected chi connectivity index (χ1v) is 5.39. The van der Waals surface area contributed by atoms with Gasteiger partial charge in [0.05, 0.1) is 0 Å². The van der Waals surface area contributed by atoms with Gasteiger partial charge in [0, 0.05) is 31.5 Å². The molecule has 0 aliphatic carbocycles. The fourth-order valence-corrected chi connectivity index (χ4v) is 1.99. The van der Waals surface area contributed by atoms with Gasteiger partial charge < -0.3 is 4.90 Å². The summed E-state index contributed by atoms with van der Waals surface area (Å²) < 4.78 is 0. The van der Waals surface area contributed by atoms with Gasteiger partial charge in [-0.2, -0.15) is 0 Å². The van der Waals surface area contributed by atoms with Crippen LogP contribution < -0.4 is 0 Å². The standard InChI is InChI=1S/C12H14N2O2/c1-14-8-2-3-10(12(14)16)11(15)9-4-6-13-7-5-9/h4-7,10H,2-3,8H2,1H3/t10-/m1/s1. The minimum atomic E-state index is -0.499. The molecule has 0 bridgehead atoms. The lowest BCUT2D eigenvalue weighted by Gasteiger charge is -2.28. The smallest absolute Gasteiger partial charge is 0.233 e. The molecule has 0 N–H and O–H groups in total. The monoisotopic (exact) mass is 218 g/mol. The van der Waals surface area contributed by atoms with E-state index in [0.29, 0.717) is 12.0 Å². The second-order valence-electron chi connectivity index (χ2n) is 4.05. The summed E-state index contributed by atoms with van der Waals surface area (Å²) in [6.07, 6.45) is 4.70. The third kappa shape index (κ3) is 1.96. The minimum absolute atomic E-state index is 0.0620. The fourth-order valence-electron chi connectivity index (χ4n) is 1.99. The Morgan fingerprint density at radius 3 is 2.81 bits per heavy atom. The first kappa shape index (κ1) is 10.8. The van der Waals surface area contributed by atoms with Crippen LogP contribution in [-0.2, 0) is 4.79 Å². The highest BCUT2D eigenvalue weighted by molar-refractivity contribution is 6.10. The van der Waals surface area contributed by atoms with E-state index in [9.17, 15) is 9.59 Å². The van der Waals surface area contributed by atoms with E-state index in [1.165, 1.54) is 0 Å². The van der Waals surface area contributed by atoms with Gasteiger partial charge in [0.15, 0.2) is 5.78 Å². The highest BCUT2D eigenvalue weighted by atomic mass is 16.2. The highest BCUT2D eigenvalue weighted by Gasteiger charge is 2.32. The molecule has 4 nitrogen and oxygen atoms in total. The van der Waals surface area contributed by atoms with Gasteiger partial charge in [-0.25, -0.2) is 0 Å². The Hall–Kier alpha value is -1.71. The first-order valence-electron chi connectivity index (χ1n) is 5.39. The molecular formula is C12H14N2O2. The van der Waals surface area contributed by atoms with E-state index in [0.717, 1.165) is 13.0 Å². The van der Waals surface area contributed by atoms with Gasteiger partial charge in [0.2, 0.25) is 5.91 Å². The predicted molar refractivity (Wildman–Crippen MR) is 58.9 cm³/mol. The van der Waals surface area contributed by atoms with E-state index in [1.807, 2.05) is 0 Å². The summed E-state index contributed by atoms with van der Waals surface area (Å²) in [5.74, 6) is -0.645. The average molecular weight is 218 g/mol. The van der Waals surface area contributed by atoms with Crippen molar-refractivity contribution in [1.82, 2.24) is 9.88 Å². The summed E-state index contributed by atoms with van der Waals surface area (Å²) in [4.78, 5) is 29.4. The molecule has 1 aliphatic rings. The summed E-state index contributed by atoms with van der Waals surface area (Å²) in [6.45, 7) is 0.749. The molecule has 2 rings (SSSR count). The Bertz CT molecular complexity index is 403. The zero-order valence-electron chi connectivity index (χ0n) is 9.22. The van der Waals surface area contributed by atoms with Crippen LogP contribution in [0, 0.1) is 5.92 Å². The Morgan fingerprint density at radius 1 is 1.44 bits per heavy atom. The van der Waals surface area contributed by atoms with E-state index < -0.39 is 5.92 Å². The Morgan fingerprint density at radius 2 is 2.12 bits per heavy atom. The molecule has 1 amide bonds. The molecule has 1 aromatic rings. The number of ketones is 1. The minimum Gasteiger partial charge on any atom is -0.345 e. The molecule has 4 heteroatoms. The average Bonchev–Trinajstić information content (AvgIpc) is 2.33. The molecule has 0 spiro atoms. The second kappa shape index (κ2) is 4.43. The summed E-state index contributed by atoms with van der Waals surface area (Å²) in [7, 11) is 1.74. The van der Waals surface area contributed by atoms with Gasteiger partial charge in [-0.05, 0) is 25.0 Å². The molecule has 1 aromatic heterocycles. The normalized spacial score (nSPS) is 20.9. The molecule has 1 atom stereocenters. The molecular weight excluding hydrogens is 204 g/mol. The van der Waals surface area contributed by atoms with E-state index >= 15 is 0 Å². The molecule has 16 heavy (non-hydrogen) atoms. The number of carbonyl (C=O) groups is 2. The zero-order valence-corrected chi connectivity index (χ0v) is 9.22. The molecule has 2 heterocycles. The Kier molecular flexibility index (Phi) is 2.99. The molecule has 1 aliphatic heterocycles. The molecule has 1 fully saturated rings. The van der Waals surface area contributed by atoms with E-state index in [1.54, 1.807) is 36.5 Å². The molecule has 1 saturated heterocycles. The predicted octanol–water partition coefficient (Wildman–Crippen LogP) is 1.13. The van der Waals surface area contributed by atoms with Crippen LogP contribution in [0.3, 0.4) is 0 Å². The molecule has 0 unspecified atom stereocenters. The van der Waals surface area contributed by atoms with Gasteiger partial charge in [0.1, 0.15) is 5.92 Å². The van der Waals surface area contributed by atoms with Crippen LogP contribution in [0.2, 0.25) is 0 Å². The summed E-state index contributed by atoms with van der Waals surface area (Å²) >= 11 is 0. The van der Waals surface area contributed by atoms with Crippen molar-refractivity contribution in [2.24, 2.45) is 5.92 Å². The van der Waals surface area contributed by atoms with Crippen LogP contribution in [0.1, 0.15) is 23.2 Å². The number of hydrogen-bond donors (Lipinski definition) is 0. The number of hydrogen-bond acceptors (Lipinski definition) is 3. The van der Waals surface area contributed by atoms with Crippen molar-refractivity contribution in [3.8, 4) is 0 Å². The van der Waals surface area contributed by atoms with Gasteiger partial charge in [-0.1, -0.05) is 0 Å². The topological polar surface area (TPSA) is 50.3 Å². The van der Waals surface area contributed by atoms with Crippen molar-refractivity contribution >= 4 is 11.7 Å². The molecule has 0 radical (unpaired) electrons. The van der Waals surface area contributed by atoms with Gasteiger partial charge in [-0.3, -0.25) is 14.6 Å². The van der Waals surface area contributed by atoms with Gasteiger partial charge in [-0.15, -0.1) is 0 Å². The largest absolute Gasteiger partial charge is 0.345 e. The first-order chi connectivity index (χ1) is 7.70. The van der Waals surface area contributed by atoms with Crippen molar-refractivity contribution < 1.29 is 9.59 Å². The van der Waals surface area contributed by atoms with Crippen LogP contribution >= 0.6 is 0 Å². The number of nitrogens with zero attached hydrogens (tertiary/aromatic N) is 2. The van der Waals surface area contributed by atoms with E-state index in [2.05, 4.69) is 4.98 Å². The van der Waals surface area contributed by atoms with Crippen molar-refractivity contribution in [2.75, 3.05) is 13.6 Å². The van der Waals surface area contributed by atoms with Gasteiger partial charge in [0.25, 0.3) is 0 Å². The number of likely N-dealkylation sites (tertiary alicyclic amines) is 1. The number of pyridine rings is 1. The number of amides is 1. The zero-order chi connectivity index (χ0) is 11.5. The number of carbonyl (C=O) groups excluding carboxylic acids is 2. The molecule has 84 valence electrons. The molecule has 0 aromatic carbocycles. The Labute approximate surface area is 94.3 Å². The van der Waals surface area contributed by atoms with E-state index in [-0.39, 0.29) is 11.7 Å². The lowest BCUT2D eigenvalue weighted by atomic mass is 9.90. The van der Waals surface area contributed by atoms with Crippen LogP contribution in [0.5, 0.6) is 0 Å². The maximum atomic E-state index is 12.1. The summed E-state index contributed by atoms with van der Waals surface area (Å²) in [5, 5.41) is 0. The van der Waals surface area contributed by atoms with Gasteiger partial charge >= 0.3 is 0 Å². The quantitative estimate of drug-likeness (QED) is 0.552. The lowest BCUT2D eigenvalue weighted by molar-refractivity contribution is -0.134. The van der Waals surface area contributed by atoms with Crippen LogP contribution in [0.15, 0.2) is 24.5 Å². The highest BCUT2D eigenvalue weighted by Crippen LogP contribution is 2.20. The second-order valence-corrected chi connectivity index (χ2v) is 4.05. The molecule has 0 saturated carbocycles. The van der Waals surface area contributed by atoms with Crippen molar-refractivity contribution in [3.63, 3.8) is 0 Å². The maximum absolute atomic E-state index is 12.1. The van der Waals surface area contributed by atoms with Crippen LogP contribution in [0.25, 0.3) is 0 Å². The lowest BCUT2D eigenvalue weighted by Crippen LogP contribution is -2.41. The fraction of sp³-hybridized carbons (Fsp3) is 0.417. The summed E-state index contributed by atoms with van der Waals surface area (Å²) in [5.41, 5.74) is 0.573. The van der Waals surface area contributed by atoms with Crippen molar-refractivity contribution in [2.45, 2.75) is 12.8 Å². The van der Waals surface area contributed by atoms with E-state index in [4.69, 9.17) is 0 Å². The third-order valence-electron chi connectivity index (χ3n) is 2.94. The number of aromatic nitrogens is 1. The van der Waals surface area contributed by atoms with Crippen molar-refractivity contribution in [1.29, 1.82) is 0 Å².